The molecule has 1 saturated heterocycles. The Morgan fingerprint density at radius 1 is 1.17 bits per heavy atom. The Balaban J connectivity index is 1.71. The van der Waals surface area contributed by atoms with E-state index < -0.39 is 16.1 Å². The summed E-state index contributed by atoms with van der Waals surface area (Å²) in [6, 6.07) is 7.91. The number of sulfonamides is 1. The Labute approximate surface area is 171 Å². The van der Waals surface area contributed by atoms with Crippen LogP contribution in [0.25, 0.3) is 0 Å². The highest BCUT2D eigenvalue weighted by Gasteiger charge is 2.28. The van der Waals surface area contributed by atoms with Gasteiger partial charge in [0.15, 0.2) is 0 Å². The lowest BCUT2D eigenvalue weighted by molar-refractivity contribution is -0.118. The van der Waals surface area contributed by atoms with Gasteiger partial charge in [-0.15, -0.1) is 0 Å². The lowest BCUT2D eigenvalue weighted by atomic mass is 10.2. The number of ether oxygens (including phenoxy) is 1. The minimum atomic E-state index is -3.65. The molecule has 0 bridgehead atoms. The summed E-state index contributed by atoms with van der Waals surface area (Å²) in [4.78, 5) is 12.8. The highest BCUT2D eigenvalue weighted by molar-refractivity contribution is 7.89. The van der Waals surface area contributed by atoms with Gasteiger partial charge in [-0.25, -0.2) is 8.42 Å². The average molecular weight is 422 g/mol. The van der Waals surface area contributed by atoms with Crippen LogP contribution in [0.3, 0.4) is 0 Å². The minimum absolute atomic E-state index is 0.138. The SMILES string of the molecule is Cc1ccc(NC(=O)[C@@H](C)N[C@@H](C)c2ccco2)cc1S(=O)(=O)N1CCOCC1. The fourth-order valence-electron chi connectivity index (χ4n) is 3.20. The zero-order valence-corrected chi connectivity index (χ0v) is 17.7. The number of amides is 1. The summed E-state index contributed by atoms with van der Waals surface area (Å²) in [6.07, 6.45) is 1.58. The average Bonchev–Trinajstić information content (AvgIpc) is 3.25. The van der Waals surface area contributed by atoms with Crippen LogP contribution in [0.2, 0.25) is 0 Å². The second-order valence-electron chi connectivity index (χ2n) is 7.11. The van der Waals surface area contributed by atoms with Crippen LogP contribution >= 0.6 is 0 Å². The molecule has 2 atom stereocenters. The molecule has 1 aromatic heterocycles. The first-order valence-electron chi connectivity index (χ1n) is 9.58. The lowest BCUT2D eigenvalue weighted by Crippen LogP contribution is -2.41. The maximum absolute atomic E-state index is 13.0. The van der Waals surface area contributed by atoms with Crippen molar-refractivity contribution in [2.75, 3.05) is 31.6 Å². The first kappa shape index (κ1) is 21.5. The van der Waals surface area contributed by atoms with Crippen molar-refractivity contribution in [1.29, 1.82) is 0 Å². The van der Waals surface area contributed by atoms with Gasteiger partial charge in [-0.2, -0.15) is 4.31 Å². The van der Waals surface area contributed by atoms with Crippen LogP contribution in [0, 0.1) is 6.92 Å². The van der Waals surface area contributed by atoms with E-state index in [0.29, 0.717) is 37.6 Å². The van der Waals surface area contributed by atoms with Crippen molar-refractivity contribution in [3.63, 3.8) is 0 Å². The van der Waals surface area contributed by atoms with E-state index in [4.69, 9.17) is 9.15 Å². The van der Waals surface area contributed by atoms with E-state index in [1.807, 2.05) is 13.0 Å². The number of carbonyl (C=O) groups is 1. The Morgan fingerprint density at radius 3 is 2.55 bits per heavy atom. The van der Waals surface area contributed by atoms with E-state index in [9.17, 15) is 13.2 Å². The summed E-state index contributed by atoms with van der Waals surface area (Å²) >= 11 is 0. The van der Waals surface area contributed by atoms with Crippen LogP contribution < -0.4 is 10.6 Å². The predicted octanol–water partition coefficient (Wildman–Crippen LogP) is 2.29. The number of hydrogen-bond acceptors (Lipinski definition) is 6. The summed E-state index contributed by atoms with van der Waals surface area (Å²) in [5, 5.41) is 5.96. The topological polar surface area (TPSA) is 101 Å². The molecule has 8 nitrogen and oxygen atoms in total. The maximum Gasteiger partial charge on any atom is 0.243 e. The molecule has 1 aliphatic heterocycles. The van der Waals surface area contributed by atoms with E-state index in [1.165, 1.54) is 10.4 Å². The van der Waals surface area contributed by atoms with Crippen LogP contribution in [0.1, 0.15) is 31.2 Å². The summed E-state index contributed by atoms with van der Waals surface area (Å²) < 4.78 is 38.0. The molecule has 1 aromatic carbocycles. The molecule has 1 fully saturated rings. The first-order chi connectivity index (χ1) is 13.8. The van der Waals surface area contributed by atoms with Gasteiger partial charge >= 0.3 is 0 Å². The molecule has 9 heteroatoms. The molecule has 158 valence electrons. The molecule has 0 saturated carbocycles. The number of anilines is 1. The quantitative estimate of drug-likeness (QED) is 0.711. The molecule has 0 aliphatic carbocycles. The molecule has 2 aromatic rings. The molecule has 0 spiro atoms. The molecule has 0 radical (unpaired) electrons. The van der Waals surface area contributed by atoms with Crippen molar-refractivity contribution < 1.29 is 22.4 Å². The van der Waals surface area contributed by atoms with Gasteiger partial charge in [-0.1, -0.05) is 6.07 Å². The molecule has 2 N–H and O–H groups in total. The highest BCUT2D eigenvalue weighted by atomic mass is 32.2. The van der Waals surface area contributed by atoms with Gasteiger partial charge in [0.2, 0.25) is 15.9 Å². The molecular formula is C20H27N3O5S. The predicted molar refractivity (Wildman–Crippen MR) is 109 cm³/mol. The van der Waals surface area contributed by atoms with Crippen molar-refractivity contribution in [1.82, 2.24) is 9.62 Å². The van der Waals surface area contributed by atoms with Crippen molar-refractivity contribution in [3.8, 4) is 0 Å². The number of benzene rings is 1. The third kappa shape index (κ3) is 5.05. The largest absolute Gasteiger partial charge is 0.468 e. The van der Waals surface area contributed by atoms with Crippen molar-refractivity contribution in [3.05, 3.63) is 47.9 Å². The number of carbonyl (C=O) groups excluding carboxylic acids is 1. The Kier molecular flexibility index (Phi) is 6.74. The molecule has 1 amide bonds. The highest BCUT2D eigenvalue weighted by Crippen LogP contribution is 2.24. The molecule has 29 heavy (non-hydrogen) atoms. The fraction of sp³-hybridized carbons (Fsp3) is 0.450. The molecule has 2 heterocycles. The van der Waals surface area contributed by atoms with Gasteiger partial charge in [-0.3, -0.25) is 10.1 Å². The van der Waals surface area contributed by atoms with Crippen molar-refractivity contribution >= 4 is 21.6 Å². The Bertz CT molecular complexity index is 937. The van der Waals surface area contributed by atoms with Gasteiger partial charge in [0.05, 0.1) is 36.5 Å². The third-order valence-electron chi connectivity index (χ3n) is 4.91. The van der Waals surface area contributed by atoms with Crippen LogP contribution in [0.5, 0.6) is 0 Å². The van der Waals surface area contributed by atoms with E-state index in [-0.39, 0.29) is 16.8 Å². The lowest BCUT2D eigenvalue weighted by Gasteiger charge is -2.27. The monoisotopic (exact) mass is 421 g/mol. The molecule has 0 unspecified atom stereocenters. The number of nitrogens with zero attached hydrogens (tertiary/aromatic N) is 1. The third-order valence-corrected chi connectivity index (χ3v) is 6.95. The van der Waals surface area contributed by atoms with Gasteiger partial charge in [0.1, 0.15) is 5.76 Å². The number of morpholine rings is 1. The molecule has 3 rings (SSSR count). The van der Waals surface area contributed by atoms with Gasteiger partial charge in [-0.05, 0) is 50.6 Å². The van der Waals surface area contributed by atoms with Crippen LogP contribution in [-0.4, -0.2) is 51.0 Å². The van der Waals surface area contributed by atoms with E-state index in [2.05, 4.69) is 10.6 Å². The standard InChI is InChI=1S/C20H27N3O5S/c1-14-6-7-17(13-19(14)29(25,26)23-8-11-27-12-9-23)22-20(24)16(3)21-15(2)18-5-4-10-28-18/h4-7,10,13,15-16,21H,8-9,11-12H2,1-3H3,(H,22,24)/t15-,16+/m0/s1. The van der Waals surface area contributed by atoms with Gasteiger partial charge < -0.3 is 14.5 Å². The van der Waals surface area contributed by atoms with E-state index in [1.54, 1.807) is 38.3 Å². The molecule has 1 aliphatic rings. The Hall–Kier alpha value is -2.20. The second-order valence-corrected chi connectivity index (χ2v) is 9.02. The van der Waals surface area contributed by atoms with Crippen LogP contribution in [0.4, 0.5) is 5.69 Å². The second kappa shape index (κ2) is 9.08. The van der Waals surface area contributed by atoms with Crippen LogP contribution in [0.15, 0.2) is 45.9 Å². The van der Waals surface area contributed by atoms with Crippen molar-refractivity contribution in [2.45, 2.75) is 37.8 Å². The summed E-state index contributed by atoms with van der Waals surface area (Å²) in [5.41, 5.74) is 1.07. The zero-order valence-electron chi connectivity index (χ0n) is 16.8. The Morgan fingerprint density at radius 2 is 1.90 bits per heavy atom. The van der Waals surface area contributed by atoms with Crippen molar-refractivity contribution in [2.24, 2.45) is 0 Å². The van der Waals surface area contributed by atoms with E-state index in [0.717, 1.165) is 5.76 Å². The fourth-order valence-corrected chi connectivity index (χ4v) is 4.86. The smallest absolute Gasteiger partial charge is 0.243 e. The first-order valence-corrected chi connectivity index (χ1v) is 11.0. The number of aryl methyl sites for hydroxylation is 1. The number of nitrogens with one attached hydrogen (secondary N) is 2. The van der Waals surface area contributed by atoms with Crippen LogP contribution in [-0.2, 0) is 19.6 Å². The zero-order chi connectivity index (χ0) is 21.0. The summed E-state index contributed by atoms with van der Waals surface area (Å²) in [6.45, 7) is 6.80. The summed E-state index contributed by atoms with van der Waals surface area (Å²) in [7, 11) is -3.65. The van der Waals surface area contributed by atoms with E-state index >= 15 is 0 Å². The number of rotatable bonds is 7. The maximum atomic E-state index is 13.0. The van der Waals surface area contributed by atoms with Gasteiger partial charge in [0.25, 0.3) is 0 Å². The normalized spacial score (nSPS) is 17.6. The number of hydrogen-bond donors (Lipinski definition) is 2. The van der Waals surface area contributed by atoms with Gasteiger partial charge in [0, 0.05) is 18.8 Å². The molecular weight excluding hydrogens is 394 g/mol. The number of furan rings is 1. The minimum Gasteiger partial charge on any atom is -0.468 e. The summed E-state index contributed by atoms with van der Waals surface area (Å²) in [5.74, 6) is 0.473.